The molecular weight excluding hydrogens is 245 g/mol. The summed E-state index contributed by atoms with van der Waals surface area (Å²) in [5.41, 5.74) is -0.128. The van der Waals surface area contributed by atoms with Crippen LogP contribution in [0, 0.1) is 12.7 Å². The van der Waals surface area contributed by atoms with Crippen LogP contribution in [0.1, 0.15) is 16.2 Å². The SMILES string of the molecule is Cc1onc(C(=O)O)c1Sc1ccc(F)cc1. The van der Waals surface area contributed by atoms with E-state index in [4.69, 9.17) is 9.63 Å². The van der Waals surface area contributed by atoms with Crippen molar-refractivity contribution in [2.75, 3.05) is 0 Å². The highest BCUT2D eigenvalue weighted by Gasteiger charge is 2.19. The van der Waals surface area contributed by atoms with Crippen molar-refractivity contribution in [1.82, 2.24) is 5.16 Å². The zero-order valence-electron chi connectivity index (χ0n) is 8.81. The second-order valence-corrected chi connectivity index (χ2v) is 4.36. The summed E-state index contributed by atoms with van der Waals surface area (Å²) < 4.78 is 17.5. The quantitative estimate of drug-likeness (QED) is 0.911. The lowest BCUT2D eigenvalue weighted by Gasteiger charge is -2.00. The fourth-order valence-electron chi connectivity index (χ4n) is 1.24. The van der Waals surface area contributed by atoms with E-state index in [-0.39, 0.29) is 11.5 Å². The molecule has 1 heterocycles. The van der Waals surface area contributed by atoms with Crippen molar-refractivity contribution in [2.24, 2.45) is 0 Å². The first kappa shape index (κ1) is 11.7. The minimum Gasteiger partial charge on any atom is -0.476 e. The average Bonchev–Trinajstić information content (AvgIpc) is 2.64. The molecule has 4 nitrogen and oxygen atoms in total. The van der Waals surface area contributed by atoms with Gasteiger partial charge in [-0.05, 0) is 31.2 Å². The summed E-state index contributed by atoms with van der Waals surface area (Å²) in [6, 6.07) is 5.76. The minimum absolute atomic E-state index is 0.128. The van der Waals surface area contributed by atoms with E-state index < -0.39 is 5.97 Å². The van der Waals surface area contributed by atoms with E-state index in [0.29, 0.717) is 10.7 Å². The van der Waals surface area contributed by atoms with E-state index in [0.717, 1.165) is 4.90 Å². The molecule has 6 heteroatoms. The molecule has 0 aliphatic heterocycles. The van der Waals surface area contributed by atoms with Crippen LogP contribution in [0.3, 0.4) is 0 Å². The molecule has 0 spiro atoms. The van der Waals surface area contributed by atoms with Crippen LogP contribution >= 0.6 is 11.8 Å². The molecule has 0 radical (unpaired) electrons. The summed E-state index contributed by atoms with van der Waals surface area (Å²) >= 11 is 1.18. The molecule has 88 valence electrons. The summed E-state index contributed by atoms with van der Waals surface area (Å²) in [6.45, 7) is 1.63. The van der Waals surface area contributed by atoms with E-state index in [2.05, 4.69) is 5.16 Å². The fourth-order valence-corrected chi connectivity index (χ4v) is 2.15. The summed E-state index contributed by atoms with van der Waals surface area (Å²) in [4.78, 5) is 12.0. The first-order chi connectivity index (χ1) is 8.08. The Bertz CT molecular complexity index is 550. The Kier molecular flexibility index (Phi) is 3.14. The molecule has 0 amide bonds. The summed E-state index contributed by atoms with van der Waals surface area (Å²) in [7, 11) is 0. The Morgan fingerprint density at radius 3 is 2.65 bits per heavy atom. The Morgan fingerprint density at radius 2 is 2.06 bits per heavy atom. The molecule has 2 aromatic rings. The van der Waals surface area contributed by atoms with Gasteiger partial charge in [-0.1, -0.05) is 16.9 Å². The van der Waals surface area contributed by atoms with Crippen molar-refractivity contribution < 1.29 is 18.8 Å². The van der Waals surface area contributed by atoms with Gasteiger partial charge in [0.2, 0.25) is 5.69 Å². The maximum absolute atomic E-state index is 12.7. The van der Waals surface area contributed by atoms with Crippen LogP contribution in [0.2, 0.25) is 0 Å². The van der Waals surface area contributed by atoms with Gasteiger partial charge in [0.1, 0.15) is 11.6 Å². The number of carbonyl (C=O) groups is 1. The summed E-state index contributed by atoms with van der Waals surface area (Å²) in [6.07, 6.45) is 0. The Hall–Kier alpha value is -1.82. The molecule has 1 N–H and O–H groups in total. The van der Waals surface area contributed by atoms with Crippen molar-refractivity contribution in [1.29, 1.82) is 0 Å². The highest BCUT2D eigenvalue weighted by molar-refractivity contribution is 7.99. The number of halogens is 1. The van der Waals surface area contributed by atoms with Gasteiger partial charge in [-0.3, -0.25) is 0 Å². The van der Waals surface area contributed by atoms with Crippen LogP contribution in [0.15, 0.2) is 38.6 Å². The molecule has 0 saturated heterocycles. The summed E-state index contributed by atoms with van der Waals surface area (Å²) in [5.74, 6) is -1.06. The summed E-state index contributed by atoms with van der Waals surface area (Å²) in [5, 5.41) is 12.4. The van der Waals surface area contributed by atoms with Gasteiger partial charge in [-0.25, -0.2) is 9.18 Å². The van der Waals surface area contributed by atoms with Gasteiger partial charge < -0.3 is 9.63 Å². The maximum atomic E-state index is 12.7. The topological polar surface area (TPSA) is 63.3 Å². The number of carboxylic acid groups (broad SMARTS) is 1. The van der Waals surface area contributed by atoms with Gasteiger partial charge in [-0.15, -0.1) is 0 Å². The van der Waals surface area contributed by atoms with Crippen molar-refractivity contribution in [3.8, 4) is 0 Å². The van der Waals surface area contributed by atoms with Crippen LogP contribution in [-0.2, 0) is 0 Å². The molecule has 0 saturated carbocycles. The van der Waals surface area contributed by atoms with Crippen molar-refractivity contribution in [3.63, 3.8) is 0 Å². The van der Waals surface area contributed by atoms with E-state index in [1.807, 2.05) is 0 Å². The molecule has 0 aliphatic rings. The molecule has 0 fully saturated rings. The largest absolute Gasteiger partial charge is 0.476 e. The number of carboxylic acids is 1. The van der Waals surface area contributed by atoms with Crippen LogP contribution < -0.4 is 0 Å². The lowest BCUT2D eigenvalue weighted by molar-refractivity contribution is 0.0682. The standard InChI is InChI=1S/C11H8FNO3S/c1-6-10(9(11(14)15)13-16-6)17-8-4-2-7(12)3-5-8/h2-5H,1H3,(H,14,15). The number of hydrogen-bond donors (Lipinski definition) is 1. The zero-order valence-corrected chi connectivity index (χ0v) is 9.62. The Morgan fingerprint density at radius 1 is 1.41 bits per heavy atom. The zero-order chi connectivity index (χ0) is 12.4. The molecule has 2 rings (SSSR count). The average molecular weight is 253 g/mol. The number of hydrogen-bond acceptors (Lipinski definition) is 4. The molecule has 0 bridgehead atoms. The van der Waals surface area contributed by atoms with Gasteiger partial charge in [0.15, 0.2) is 0 Å². The van der Waals surface area contributed by atoms with Crippen LogP contribution in [0.4, 0.5) is 4.39 Å². The molecule has 1 aromatic heterocycles. The highest BCUT2D eigenvalue weighted by Crippen LogP contribution is 2.33. The molecule has 0 unspecified atom stereocenters. The molecular formula is C11H8FNO3S. The number of rotatable bonds is 3. The van der Waals surface area contributed by atoms with Gasteiger partial charge in [0.05, 0.1) is 4.90 Å². The number of nitrogens with zero attached hydrogens (tertiary/aromatic N) is 1. The third kappa shape index (κ3) is 2.47. The van der Waals surface area contributed by atoms with Crippen molar-refractivity contribution in [3.05, 3.63) is 41.5 Å². The monoisotopic (exact) mass is 253 g/mol. The van der Waals surface area contributed by atoms with E-state index in [9.17, 15) is 9.18 Å². The second-order valence-electron chi connectivity index (χ2n) is 3.28. The van der Waals surface area contributed by atoms with Crippen molar-refractivity contribution >= 4 is 17.7 Å². The normalized spacial score (nSPS) is 10.5. The van der Waals surface area contributed by atoms with E-state index >= 15 is 0 Å². The third-order valence-electron chi connectivity index (χ3n) is 2.04. The van der Waals surface area contributed by atoms with Crippen molar-refractivity contribution in [2.45, 2.75) is 16.7 Å². The van der Waals surface area contributed by atoms with Crippen LogP contribution in [0.5, 0.6) is 0 Å². The van der Waals surface area contributed by atoms with Gasteiger partial charge in [0.25, 0.3) is 0 Å². The predicted octanol–water partition coefficient (Wildman–Crippen LogP) is 2.97. The smallest absolute Gasteiger partial charge is 0.359 e. The lowest BCUT2D eigenvalue weighted by Crippen LogP contribution is -1.98. The first-order valence-corrected chi connectivity index (χ1v) is 5.52. The molecule has 0 aliphatic carbocycles. The van der Waals surface area contributed by atoms with Gasteiger partial charge in [0, 0.05) is 4.90 Å². The van der Waals surface area contributed by atoms with E-state index in [1.165, 1.54) is 23.9 Å². The molecule has 1 aromatic carbocycles. The third-order valence-corrected chi connectivity index (χ3v) is 3.24. The minimum atomic E-state index is -1.15. The first-order valence-electron chi connectivity index (χ1n) is 4.71. The van der Waals surface area contributed by atoms with Gasteiger partial charge >= 0.3 is 5.97 Å². The lowest BCUT2D eigenvalue weighted by atomic mass is 10.3. The highest BCUT2D eigenvalue weighted by atomic mass is 32.2. The molecule has 17 heavy (non-hydrogen) atoms. The maximum Gasteiger partial charge on any atom is 0.359 e. The fraction of sp³-hybridized carbons (Fsp3) is 0.0909. The number of aryl methyl sites for hydroxylation is 1. The van der Waals surface area contributed by atoms with Crippen LogP contribution in [-0.4, -0.2) is 16.2 Å². The van der Waals surface area contributed by atoms with E-state index in [1.54, 1.807) is 19.1 Å². The van der Waals surface area contributed by atoms with Gasteiger partial charge in [-0.2, -0.15) is 0 Å². The predicted molar refractivity (Wildman–Crippen MR) is 58.7 cm³/mol. The number of aromatic nitrogens is 1. The number of aromatic carboxylic acids is 1. The van der Waals surface area contributed by atoms with Crippen LogP contribution in [0.25, 0.3) is 0 Å². The Labute approximate surface area is 100 Å². The second kappa shape index (κ2) is 4.58. The number of benzene rings is 1. The molecule has 0 atom stereocenters. The Balaban J connectivity index is 2.32.